The van der Waals surface area contributed by atoms with E-state index in [-0.39, 0.29) is 28.6 Å². The van der Waals surface area contributed by atoms with Gasteiger partial charge in [-0.3, -0.25) is 15.1 Å². The largest absolute Gasteiger partial charge is 0.453 e. The molecule has 5 rings (SSSR count). The molecule has 0 saturated heterocycles. The van der Waals surface area contributed by atoms with E-state index in [4.69, 9.17) is 16.3 Å². The molecular weight excluding hydrogens is 549 g/mol. The number of hydrogen-bond donors (Lipinski definition) is 3. The average molecular weight is 578 g/mol. The highest BCUT2D eigenvalue weighted by Gasteiger charge is 2.23. The summed E-state index contributed by atoms with van der Waals surface area (Å²) in [7, 11) is 1.28. The lowest BCUT2D eigenvalue weighted by Gasteiger charge is -2.22. The van der Waals surface area contributed by atoms with Crippen LogP contribution in [0.5, 0.6) is 0 Å². The van der Waals surface area contributed by atoms with E-state index in [1.165, 1.54) is 17.9 Å². The molecule has 3 N–H and O–H groups in total. The van der Waals surface area contributed by atoms with Crippen molar-refractivity contribution in [2.24, 2.45) is 5.92 Å². The lowest BCUT2D eigenvalue weighted by molar-refractivity contribution is -0.119. The maximum atomic E-state index is 14.7. The number of amides is 2. The first-order valence-corrected chi connectivity index (χ1v) is 13.5. The van der Waals surface area contributed by atoms with E-state index in [0.717, 1.165) is 23.2 Å². The molecule has 10 nitrogen and oxygen atoms in total. The Morgan fingerprint density at radius 2 is 2.02 bits per heavy atom. The van der Waals surface area contributed by atoms with Crippen LogP contribution in [0.3, 0.4) is 0 Å². The van der Waals surface area contributed by atoms with Gasteiger partial charge in [0.2, 0.25) is 5.91 Å². The van der Waals surface area contributed by atoms with Gasteiger partial charge in [-0.2, -0.15) is 0 Å². The summed E-state index contributed by atoms with van der Waals surface area (Å²) in [5.74, 6) is -0.480. The molecule has 1 aliphatic rings. The fourth-order valence-electron chi connectivity index (χ4n) is 4.77. The van der Waals surface area contributed by atoms with Crippen LogP contribution < -0.4 is 16.0 Å². The Kier molecular flexibility index (Phi) is 8.16. The fourth-order valence-corrected chi connectivity index (χ4v) is 4.94. The normalized spacial score (nSPS) is 17.0. The first-order valence-electron chi connectivity index (χ1n) is 13.1. The number of methoxy groups -OCH3 is 1. The molecule has 4 aromatic rings. The van der Waals surface area contributed by atoms with E-state index >= 15 is 0 Å². The van der Waals surface area contributed by atoms with Crippen LogP contribution in [0.1, 0.15) is 43.6 Å². The molecule has 0 unspecified atom stereocenters. The summed E-state index contributed by atoms with van der Waals surface area (Å²) in [4.78, 5) is 29.5. The Morgan fingerprint density at radius 1 is 1.20 bits per heavy atom. The third kappa shape index (κ3) is 5.99. The van der Waals surface area contributed by atoms with Gasteiger partial charge < -0.3 is 15.4 Å². The van der Waals surface area contributed by atoms with E-state index in [2.05, 4.69) is 31.2 Å². The van der Waals surface area contributed by atoms with Gasteiger partial charge >= 0.3 is 6.09 Å². The van der Waals surface area contributed by atoms with Crippen LogP contribution in [0.25, 0.3) is 16.8 Å². The number of benzene rings is 2. The van der Waals surface area contributed by atoms with E-state index in [1.807, 2.05) is 25.1 Å². The minimum absolute atomic E-state index is 0.00104. The average Bonchev–Trinajstić information content (AvgIpc) is 3.32. The van der Waals surface area contributed by atoms with Crippen molar-refractivity contribution in [2.75, 3.05) is 23.1 Å². The number of nitrogens with one attached hydrogen (secondary N) is 3. The highest BCUT2D eigenvalue weighted by Crippen LogP contribution is 2.35. The molecule has 2 atom stereocenters. The highest BCUT2D eigenvalue weighted by atomic mass is 35.5. The molecule has 0 spiro atoms. The van der Waals surface area contributed by atoms with E-state index in [9.17, 15) is 14.0 Å². The van der Waals surface area contributed by atoms with Crippen molar-refractivity contribution in [3.8, 4) is 16.8 Å². The van der Waals surface area contributed by atoms with Crippen molar-refractivity contribution in [2.45, 2.75) is 39.2 Å². The van der Waals surface area contributed by atoms with Crippen LogP contribution in [0.15, 0.2) is 54.7 Å². The van der Waals surface area contributed by atoms with Crippen molar-refractivity contribution in [1.82, 2.24) is 20.0 Å². The van der Waals surface area contributed by atoms with Crippen LogP contribution in [0.2, 0.25) is 5.02 Å². The van der Waals surface area contributed by atoms with Crippen LogP contribution in [0.4, 0.5) is 26.4 Å². The predicted octanol–water partition coefficient (Wildman–Crippen LogP) is 6.52. The summed E-state index contributed by atoms with van der Waals surface area (Å²) in [5, 5.41) is 17.6. The summed E-state index contributed by atoms with van der Waals surface area (Å²) in [6.07, 6.45) is 3.14. The number of hydrogen-bond acceptors (Lipinski definition) is 7. The van der Waals surface area contributed by atoms with Gasteiger partial charge in [0.25, 0.3) is 0 Å². The van der Waals surface area contributed by atoms with E-state index < -0.39 is 11.9 Å². The molecular formula is C29H29ClFN7O3. The Balaban J connectivity index is 1.51. The van der Waals surface area contributed by atoms with E-state index in [1.54, 1.807) is 37.4 Å². The molecule has 41 heavy (non-hydrogen) atoms. The minimum atomic E-state index is -0.608. The summed E-state index contributed by atoms with van der Waals surface area (Å²) < 4.78 is 20.8. The number of nitrogens with zero attached hydrogens (tertiary/aromatic N) is 4. The number of anilines is 3. The third-order valence-electron chi connectivity index (χ3n) is 7.10. The quantitative estimate of drug-likeness (QED) is 0.252. The fraction of sp³-hybridized carbons (Fsp3) is 0.276. The number of pyridine rings is 1. The van der Waals surface area contributed by atoms with Crippen molar-refractivity contribution in [3.05, 3.63) is 77.0 Å². The number of aromatic nitrogens is 4. The summed E-state index contributed by atoms with van der Waals surface area (Å²) in [6.45, 7) is 3.68. The second-order valence-corrected chi connectivity index (χ2v) is 10.3. The monoisotopic (exact) mass is 577 g/mol. The third-order valence-corrected chi connectivity index (χ3v) is 7.39. The van der Waals surface area contributed by atoms with Crippen LogP contribution in [-0.4, -0.2) is 39.1 Å². The molecule has 0 radical (unpaired) electrons. The van der Waals surface area contributed by atoms with Gasteiger partial charge in [-0.05, 0) is 61.7 Å². The number of fused-ring (bicyclic) bond motifs is 4. The van der Waals surface area contributed by atoms with Crippen LogP contribution >= 0.6 is 11.6 Å². The Labute approximate surface area is 241 Å². The number of carbonyl (C=O) groups excluding carboxylic acids is 2. The molecule has 2 bridgehead atoms. The number of ether oxygens (including phenoxy) is 1. The first kappa shape index (κ1) is 28.0. The van der Waals surface area contributed by atoms with Gasteiger partial charge in [-0.1, -0.05) is 42.3 Å². The lowest BCUT2D eigenvalue weighted by atomic mass is 9.95. The van der Waals surface area contributed by atoms with Crippen molar-refractivity contribution < 1.29 is 18.7 Å². The van der Waals surface area contributed by atoms with Gasteiger partial charge in [0.05, 0.1) is 35.2 Å². The maximum Gasteiger partial charge on any atom is 0.411 e. The van der Waals surface area contributed by atoms with Gasteiger partial charge in [-0.25, -0.2) is 13.9 Å². The second-order valence-electron chi connectivity index (χ2n) is 9.87. The molecule has 0 aliphatic carbocycles. The molecule has 2 aromatic carbocycles. The number of carbonyl (C=O) groups is 2. The minimum Gasteiger partial charge on any atom is -0.453 e. The number of halogens is 2. The first-order chi connectivity index (χ1) is 19.7. The maximum absolute atomic E-state index is 14.7. The van der Waals surface area contributed by atoms with Crippen LogP contribution in [0, 0.1) is 18.7 Å². The summed E-state index contributed by atoms with van der Waals surface area (Å²) in [6, 6.07) is 13.5. The molecule has 3 heterocycles. The second kappa shape index (κ2) is 11.9. The van der Waals surface area contributed by atoms with Gasteiger partial charge in [0.1, 0.15) is 5.69 Å². The molecule has 0 fully saturated rings. The topological polar surface area (TPSA) is 123 Å². The zero-order valence-corrected chi connectivity index (χ0v) is 23.5. The molecule has 2 aromatic heterocycles. The smallest absolute Gasteiger partial charge is 0.411 e. The lowest BCUT2D eigenvalue weighted by Crippen LogP contribution is -2.22. The van der Waals surface area contributed by atoms with Crippen molar-refractivity contribution in [3.63, 3.8) is 0 Å². The standard InChI is InChI=1S/C29H29ClFN7O3/c1-16-6-4-8-22(34-27-17(2)38(37-36-27)25-9-5-7-21(30)26(25)31)24-14-18(12-13-32-24)20-11-10-19(33-29(40)41-3)15-23(20)35-28(16)39/h5,7,9-16,22,34H,4,6,8H2,1-3H3,(H,33,40)(H,35,39)/t16-,22+/m1/s1. The molecule has 2 amide bonds. The van der Waals surface area contributed by atoms with Crippen LogP contribution in [-0.2, 0) is 9.53 Å². The summed E-state index contributed by atoms with van der Waals surface area (Å²) >= 11 is 5.99. The Bertz CT molecular complexity index is 1610. The van der Waals surface area contributed by atoms with Crippen molar-refractivity contribution >= 4 is 40.8 Å². The SMILES string of the molecule is COC(=O)Nc1ccc2c(c1)NC(=O)[C@H](C)CCC[C@H](Nc1nnn(-c3cccc(Cl)c3F)c1C)c1cc-2ccn1. The predicted molar refractivity (Wildman–Crippen MR) is 155 cm³/mol. The van der Waals surface area contributed by atoms with Crippen molar-refractivity contribution in [1.29, 1.82) is 0 Å². The molecule has 1 aliphatic heterocycles. The molecule has 12 heteroatoms. The van der Waals surface area contributed by atoms with Gasteiger partial charge in [-0.15, -0.1) is 5.10 Å². The Morgan fingerprint density at radius 3 is 2.83 bits per heavy atom. The number of rotatable bonds is 4. The zero-order chi connectivity index (χ0) is 29.1. The zero-order valence-electron chi connectivity index (χ0n) is 22.7. The van der Waals surface area contributed by atoms with Gasteiger partial charge in [0, 0.05) is 23.4 Å². The molecule has 0 saturated carbocycles. The summed E-state index contributed by atoms with van der Waals surface area (Å²) in [5.41, 5.74) is 4.22. The van der Waals surface area contributed by atoms with E-state index in [0.29, 0.717) is 35.7 Å². The molecule has 212 valence electrons. The Hall–Kier alpha value is -4.51. The highest BCUT2D eigenvalue weighted by molar-refractivity contribution is 6.30. The van der Waals surface area contributed by atoms with Gasteiger partial charge in [0.15, 0.2) is 11.6 Å².